The van der Waals surface area contributed by atoms with Crippen molar-refractivity contribution in [1.29, 1.82) is 5.26 Å². The van der Waals surface area contributed by atoms with Gasteiger partial charge < -0.3 is 19.9 Å². The Hall–Kier alpha value is -1.35. The normalized spacial score (nSPS) is 22.3. The third-order valence-electron chi connectivity index (χ3n) is 4.80. The molecule has 0 aromatic carbocycles. The molecule has 8 nitrogen and oxygen atoms in total. The van der Waals surface area contributed by atoms with Crippen LogP contribution in [0.2, 0.25) is 0 Å². The second kappa shape index (κ2) is 7.24. The Morgan fingerprint density at radius 3 is 2.85 bits per heavy atom. The summed E-state index contributed by atoms with van der Waals surface area (Å²) >= 11 is 2.73. The SMILES string of the molecule is CSc1nc(C#N)n2cc(C3=C(C(=O)[O-])N4C(=O)[C@H]([C@@H](C)O)[C@H]4C3)sc12.[Na+]. The number of hydrogen-bond donors (Lipinski definition) is 1. The molecule has 1 amide bonds. The molecule has 2 aromatic rings. The predicted octanol–water partition coefficient (Wildman–Crippen LogP) is -2.93. The van der Waals surface area contributed by atoms with E-state index in [1.807, 2.05) is 12.3 Å². The molecule has 0 spiro atoms. The monoisotopic (exact) mass is 412 g/mol. The van der Waals surface area contributed by atoms with Crippen LogP contribution in [-0.2, 0) is 9.59 Å². The summed E-state index contributed by atoms with van der Waals surface area (Å²) in [5.74, 6) is -2.19. The molecule has 11 heteroatoms. The molecule has 2 aliphatic rings. The van der Waals surface area contributed by atoms with Crippen molar-refractivity contribution in [3.63, 3.8) is 0 Å². The number of carbonyl (C=O) groups is 2. The molecule has 27 heavy (non-hydrogen) atoms. The van der Waals surface area contributed by atoms with E-state index in [0.29, 0.717) is 21.9 Å². The number of carboxylic acids is 1. The number of nitrogens with zero attached hydrogens (tertiary/aromatic N) is 4. The first kappa shape index (κ1) is 20.4. The van der Waals surface area contributed by atoms with Crippen molar-refractivity contribution in [2.45, 2.75) is 30.5 Å². The number of thiazole rings is 1. The van der Waals surface area contributed by atoms with E-state index in [1.165, 1.54) is 34.9 Å². The molecule has 1 saturated heterocycles. The van der Waals surface area contributed by atoms with Crippen molar-refractivity contribution in [2.24, 2.45) is 5.92 Å². The molecular weight excluding hydrogens is 399 g/mol. The molecule has 2 aliphatic heterocycles. The van der Waals surface area contributed by atoms with Crippen molar-refractivity contribution in [2.75, 3.05) is 6.26 Å². The van der Waals surface area contributed by atoms with Crippen LogP contribution in [0.3, 0.4) is 0 Å². The number of rotatable bonds is 4. The van der Waals surface area contributed by atoms with Gasteiger partial charge in [-0.25, -0.2) is 4.98 Å². The average molecular weight is 412 g/mol. The Balaban J connectivity index is 0.00000210. The molecule has 134 valence electrons. The molecule has 4 rings (SSSR count). The number of aliphatic carboxylic acids is 1. The largest absolute Gasteiger partial charge is 1.00 e. The first-order valence-corrected chi connectivity index (χ1v) is 9.85. The maximum atomic E-state index is 12.3. The van der Waals surface area contributed by atoms with Crippen molar-refractivity contribution in [3.8, 4) is 6.07 Å². The van der Waals surface area contributed by atoms with E-state index in [-0.39, 0.29) is 47.1 Å². The number of thioether (sulfide) groups is 1. The molecule has 3 atom stereocenters. The maximum absolute atomic E-state index is 12.3. The summed E-state index contributed by atoms with van der Waals surface area (Å²) in [7, 11) is 0. The van der Waals surface area contributed by atoms with E-state index in [2.05, 4.69) is 4.98 Å². The van der Waals surface area contributed by atoms with Crippen molar-refractivity contribution >= 4 is 45.4 Å². The van der Waals surface area contributed by atoms with Crippen LogP contribution in [0.5, 0.6) is 0 Å². The van der Waals surface area contributed by atoms with Crippen LogP contribution in [0.4, 0.5) is 0 Å². The summed E-state index contributed by atoms with van der Waals surface area (Å²) in [6.45, 7) is 1.53. The van der Waals surface area contributed by atoms with Gasteiger partial charge in [0, 0.05) is 6.20 Å². The average Bonchev–Trinajstić information content (AvgIpc) is 3.23. The summed E-state index contributed by atoms with van der Waals surface area (Å²) in [5, 5.41) is 31.4. The number of carboxylic acid groups (broad SMARTS) is 1. The van der Waals surface area contributed by atoms with Gasteiger partial charge in [-0.05, 0) is 25.2 Å². The van der Waals surface area contributed by atoms with Gasteiger partial charge in [0.2, 0.25) is 11.7 Å². The van der Waals surface area contributed by atoms with E-state index in [9.17, 15) is 25.1 Å². The van der Waals surface area contributed by atoms with Gasteiger partial charge in [-0.2, -0.15) is 5.26 Å². The van der Waals surface area contributed by atoms with Crippen LogP contribution in [0, 0.1) is 17.2 Å². The van der Waals surface area contributed by atoms with Crippen molar-refractivity contribution in [3.05, 3.63) is 22.6 Å². The number of aliphatic hydroxyl groups is 1. The van der Waals surface area contributed by atoms with Crippen LogP contribution in [0.15, 0.2) is 16.9 Å². The van der Waals surface area contributed by atoms with Gasteiger partial charge >= 0.3 is 29.6 Å². The Morgan fingerprint density at radius 2 is 2.30 bits per heavy atom. The van der Waals surface area contributed by atoms with Gasteiger partial charge in [0.1, 0.15) is 15.9 Å². The topological polar surface area (TPSA) is 122 Å². The molecule has 0 radical (unpaired) electrons. The number of amides is 1. The second-order valence-corrected chi connectivity index (χ2v) is 8.01. The molecular formula is C16H13N4NaO4S2. The fourth-order valence-electron chi connectivity index (χ4n) is 3.69. The van der Waals surface area contributed by atoms with Crippen LogP contribution in [0.1, 0.15) is 24.0 Å². The fraction of sp³-hybridized carbons (Fsp3) is 0.375. The minimum Gasteiger partial charge on any atom is -0.543 e. The molecule has 0 saturated carbocycles. The van der Waals surface area contributed by atoms with Crippen LogP contribution < -0.4 is 34.7 Å². The molecule has 4 heterocycles. The minimum absolute atomic E-state index is 0. The van der Waals surface area contributed by atoms with E-state index >= 15 is 0 Å². The predicted molar refractivity (Wildman–Crippen MR) is 91.9 cm³/mol. The number of aliphatic hydroxyl groups excluding tert-OH is 1. The zero-order valence-corrected chi connectivity index (χ0v) is 18.4. The Bertz CT molecular complexity index is 1040. The van der Waals surface area contributed by atoms with Gasteiger partial charge in [0.05, 0.1) is 34.6 Å². The van der Waals surface area contributed by atoms with E-state index in [1.54, 1.807) is 10.6 Å². The van der Waals surface area contributed by atoms with Gasteiger partial charge in [-0.1, -0.05) is 0 Å². The summed E-state index contributed by atoms with van der Waals surface area (Å²) in [4.78, 5) is 30.8. The molecule has 0 bridgehead atoms. The number of fused-ring (bicyclic) bond motifs is 2. The zero-order valence-electron chi connectivity index (χ0n) is 14.8. The number of imidazole rings is 1. The quantitative estimate of drug-likeness (QED) is 0.324. The van der Waals surface area contributed by atoms with Crippen LogP contribution in [0.25, 0.3) is 10.4 Å². The first-order valence-electron chi connectivity index (χ1n) is 7.81. The summed E-state index contributed by atoms with van der Waals surface area (Å²) < 4.78 is 1.63. The molecule has 1 N–H and O–H groups in total. The van der Waals surface area contributed by atoms with Crippen molar-refractivity contribution in [1.82, 2.24) is 14.3 Å². The van der Waals surface area contributed by atoms with Gasteiger partial charge in [-0.3, -0.25) is 9.20 Å². The number of β-lactam (4-membered cyclic amide) rings is 1. The zero-order chi connectivity index (χ0) is 18.7. The van der Waals surface area contributed by atoms with E-state index in [0.717, 1.165) is 4.83 Å². The fourth-order valence-corrected chi connectivity index (χ4v) is 5.55. The van der Waals surface area contributed by atoms with Gasteiger partial charge in [0.15, 0.2) is 0 Å². The molecule has 1 fully saturated rings. The Kier molecular flexibility index (Phi) is 5.46. The third kappa shape index (κ3) is 2.85. The van der Waals surface area contributed by atoms with Crippen molar-refractivity contribution < 1.29 is 49.4 Å². The minimum atomic E-state index is -1.42. The Labute approximate surface area is 184 Å². The van der Waals surface area contributed by atoms with Crippen LogP contribution in [-0.4, -0.2) is 49.7 Å². The summed E-state index contributed by atoms with van der Waals surface area (Å²) in [6.07, 6.45) is 3.01. The number of nitriles is 1. The standard InChI is InChI=1S/C16H14N4O4S2.Na/c1-6(21)11-8-3-7(12(16(23)24)20(8)14(11)22)9-5-19-10(4-17)18-13(25-2)15(19)26-9;/h5-6,8,11,21H,3H2,1-2H3,(H,23,24);/q;+1/p-1/t6-,8-,11-;/m1./s1. The third-order valence-corrected chi connectivity index (χ3v) is 6.76. The Morgan fingerprint density at radius 1 is 1.59 bits per heavy atom. The second-order valence-electron chi connectivity index (χ2n) is 6.19. The summed E-state index contributed by atoms with van der Waals surface area (Å²) in [6, 6.07) is 1.65. The molecule has 2 aromatic heterocycles. The van der Waals surface area contributed by atoms with Crippen LogP contribution >= 0.6 is 23.1 Å². The number of hydrogen-bond acceptors (Lipinski definition) is 8. The summed E-state index contributed by atoms with van der Waals surface area (Å²) in [5.41, 5.74) is 0.356. The maximum Gasteiger partial charge on any atom is 1.00 e. The molecule has 0 aliphatic carbocycles. The van der Waals surface area contributed by atoms with Gasteiger partial charge in [-0.15, -0.1) is 23.1 Å². The van der Waals surface area contributed by atoms with Gasteiger partial charge in [0.25, 0.3) is 0 Å². The number of carbonyl (C=O) groups excluding carboxylic acids is 2. The first-order chi connectivity index (χ1) is 12.4. The smallest absolute Gasteiger partial charge is 0.543 e. The van der Waals surface area contributed by atoms with E-state index in [4.69, 9.17) is 0 Å². The van der Waals surface area contributed by atoms with E-state index < -0.39 is 23.9 Å². The number of aromatic nitrogens is 2. The molecule has 0 unspecified atom stereocenters.